The van der Waals surface area contributed by atoms with Crippen LogP contribution in [0.2, 0.25) is 0 Å². The van der Waals surface area contributed by atoms with Crippen molar-refractivity contribution in [2.24, 2.45) is 0 Å². The van der Waals surface area contributed by atoms with Crippen molar-refractivity contribution in [3.05, 3.63) is 82.7 Å². The lowest BCUT2D eigenvalue weighted by Crippen LogP contribution is -2.42. The molecule has 1 N–H and O–H groups in total. The highest BCUT2D eigenvalue weighted by Gasteiger charge is 2.38. The highest BCUT2D eigenvalue weighted by atomic mass is 16.5. The Labute approximate surface area is 181 Å². The fourth-order valence-electron chi connectivity index (χ4n) is 4.46. The standard InChI is InChI=1S/C25H25N3O3/c1-30-19-8-3-6-17(14-19)25(18-7-4-9-20(15-18)31-2)11-10-21-22(16-25)26-27-23(21)24(29)28-12-5-13-28/h3-4,6-11,14-15H,5,12-13,16H2,1-2H3,(H,26,27). The Kier molecular flexibility index (Phi) is 4.77. The molecule has 2 aromatic carbocycles. The van der Waals surface area contributed by atoms with Crippen LogP contribution in [0.1, 0.15) is 39.3 Å². The van der Waals surface area contributed by atoms with Crippen molar-refractivity contribution in [3.63, 3.8) is 0 Å². The van der Waals surface area contributed by atoms with Crippen molar-refractivity contribution in [2.75, 3.05) is 27.3 Å². The zero-order valence-corrected chi connectivity index (χ0v) is 17.7. The SMILES string of the molecule is COc1cccc(C2(c3cccc(OC)c3)C=Cc3c(C(=O)N4CCC4)n[nH]c3C2)c1. The summed E-state index contributed by atoms with van der Waals surface area (Å²) in [6.07, 6.45) is 5.93. The molecular formula is C25H25N3O3. The maximum atomic E-state index is 12.8. The molecule has 158 valence electrons. The molecular weight excluding hydrogens is 390 g/mol. The van der Waals surface area contributed by atoms with Crippen LogP contribution in [-0.4, -0.2) is 48.3 Å². The number of H-pyrrole nitrogens is 1. The number of nitrogens with one attached hydrogen (secondary N) is 1. The van der Waals surface area contributed by atoms with Crippen LogP contribution in [0.3, 0.4) is 0 Å². The summed E-state index contributed by atoms with van der Waals surface area (Å²) in [5, 5.41) is 7.55. The van der Waals surface area contributed by atoms with Gasteiger partial charge in [0.2, 0.25) is 0 Å². The zero-order valence-electron chi connectivity index (χ0n) is 17.7. The minimum atomic E-state index is -0.445. The maximum Gasteiger partial charge on any atom is 0.274 e. The van der Waals surface area contributed by atoms with Gasteiger partial charge >= 0.3 is 0 Å². The number of carbonyl (C=O) groups excluding carboxylic acids is 1. The van der Waals surface area contributed by atoms with Gasteiger partial charge in [-0.15, -0.1) is 0 Å². The molecule has 1 saturated heterocycles. The van der Waals surface area contributed by atoms with Crippen molar-refractivity contribution < 1.29 is 14.3 Å². The summed E-state index contributed by atoms with van der Waals surface area (Å²) in [7, 11) is 3.35. The van der Waals surface area contributed by atoms with E-state index in [-0.39, 0.29) is 5.91 Å². The third kappa shape index (κ3) is 3.19. The molecule has 1 fully saturated rings. The lowest BCUT2D eigenvalue weighted by Gasteiger charge is -2.35. The third-order valence-corrected chi connectivity index (χ3v) is 6.39. The molecule has 6 heteroatoms. The van der Waals surface area contributed by atoms with Crippen LogP contribution >= 0.6 is 0 Å². The van der Waals surface area contributed by atoms with Gasteiger partial charge < -0.3 is 14.4 Å². The predicted molar refractivity (Wildman–Crippen MR) is 119 cm³/mol. The number of likely N-dealkylation sites (tertiary alicyclic amines) is 1. The zero-order chi connectivity index (χ0) is 21.4. The normalized spacial score (nSPS) is 16.4. The average Bonchev–Trinajstić information content (AvgIpc) is 3.21. The minimum Gasteiger partial charge on any atom is -0.497 e. The van der Waals surface area contributed by atoms with Crippen LogP contribution in [0.15, 0.2) is 54.6 Å². The number of ether oxygens (including phenoxy) is 2. The van der Waals surface area contributed by atoms with Crippen LogP contribution in [0.4, 0.5) is 0 Å². The molecule has 1 aliphatic heterocycles. The van der Waals surface area contributed by atoms with Crippen LogP contribution < -0.4 is 9.47 Å². The highest BCUT2D eigenvalue weighted by molar-refractivity contribution is 5.97. The quantitative estimate of drug-likeness (QED) is 0.688. The van der Waals surface area contributed by atoms with Gasteiger partial charge in [-0.25, -0.2) is 0 Å². The smallest absolute Gasteiger partial charge is 0.274 e. The van der Waals surface area contributed by atoms with Gasteiger partial charge in [-0.3, -0.25) is 9.89 Å². The number of aromatic amines is 1. The number of aromatic nitrogens is 2. The maximum absolute atomic E-state index is 12.8. The summed E-state index contributed by atoms with van der Waals surface area (Å²) in [6, 6.07) is 16.3. The monoisotopic (exact) mass is 415 g/mol. The lowest BCUT2D eigenvalue weighted by molar-refractivity contribution is 0.0645. The molecule has 0 radical (unpaired) electrons. The fraction of sp³-hybridized carbons (Fsp3) is 0.280. The van der Waals surface area contributed by atoms with Crippen LogP contribution in [0.5, 0.6) is 11.5 Å². The van der Waals surface area contributed by atoms with E-state index >= 15 is 0 Å². The van der Waals surface area contributed by atoms with E-state index < -0.39 is 5.41 Å². The molecule has 0 spiro atoms. The Morgan fingerprint density at radius 2 is 1.68 bits per heavy atom. The summed E-state index contributed by atoms with van der Waals surface area (Å²) in [4.78, 5) is 14.6. The van der Waals surface area contributed by atoms with E-state index in [1.807, 2.05) is 35.2 Å². The number of carbonyl (C=O) groups is 1. The van der Waals surface area contributed by atoms with Crippen molar-refractivity contribution in [2.45, 2.75) is 18.3 Å². The number of nitrogens with zero attached hydrogens (tertiary/aromatic N) is 2. The van der Waals surface area contributed by atoms with E-state index in [0.717, 1.165) is 53.4 Å². The predicted octanol–water partition coefficient (Wildman–Crippen LogP) is 3.83. The largest absolute Gasteiger partial charge is 0.497 e. The third-order valence-electron chi connectivity index (χ3n) is 6.39. The van der Waals surface area contributed by atoms with Gasteiger partial charge in [-0.2, -0.15) is 5.10 Å². The van der Waals surface area contributed by atoms with Crippen molar-refractivity contribution in [3.8, 4) is 11.5 Å². The molecule has 0 bridgehead atoms. The number of hydrogen-bond donors (Lipinski definition) is 1. The number of amides is 1. The molecule has 3 aromatic rings. The summed E-state index contributed by atoms with van der Waals surface area (Å²) in [5.41, 5.74) is 4.12. The Hall–Kier alpha value is -3.54. The van der Waals surface area contributed by atoms with E-state index in [1.165, 1.54) is 0 Å². The van der Waals surface area contributed by atoms with E-state index in [0.29, 0.717) is 12.1 Å². The highest BCUT2D eigenvalue weighted by Crippen LogP contribution is 2.43. The van der Waals surface area contributed by atoms with E-state index in [4.69, 9.17) is 9.47 Å². The number of benzene rings is 2. The molecule has 0 atom stereocenters. The molecule has 31 heavy (non-hydrogen) atoms. The molecule has 1 aliphatic carbocycles. The molecule has 1 aromatic heterocycles. The molecule has 5 rings (SSSR count). The molecule has 2 heterocycles. The first-order valence-corrected chi connectivity index (χ1v) is 10.5. The van der Waals surface area contributed by atoms with Gasteiger partial charge in [0.25, 0.3) is 5.91 Å². The minimum absolute atomic E-state index is 0.00339. The summed E-state index contributed by atoms with van der Waals surface area (Å²) >= 11 is 0. The van der Waals surface area contributed by atoms with Crippen LogP contribution in [0.25, 0.3) is 6.08 Å². The van der Waals surface area contributed by atoms with Crippen molar-refractivity contribution in [1.29, 1.82) is 0 Å². The fourth-order valence-corrected chi connectivity index (χ4v) is 4.46. The second-order valence-corrected chi connectivity index (χ2v) is 8.06. The molecule has 2 aliphatic rings. The number of hydrogen-bond acceptors (Lipinski definition) is 4. The summed E-state index contributed by atoms with van der Waals surface area (Å²) in [5.74, 6) is 1.61. The Balaban J connectivity index is 1.63. The first kappa shape index (κ1) is 19.4. The molecule has 1 amide bonds. The van der Waals surface area contributed by atoms with Gasteiger partial charge in [0, 0.05) is 36.2 Å². The van der Waals surface area contributed by atoms with Gasteiger partial charge in [0.15, 0.2) is 5.69 Å². The van der Waals surface area contributed by atoms with Crippen molar-refractivity contribution >= 4 is 12.0 Å². The van der Waals surface area contributed by atoms with Crippen molar-refractivity contribution in [1.82, 2.24) is 15.1 Å². The Morgan fingerprint density at radius 1 is 1.03 bits per heavy atom. The van der Waals surface area contributed by atoms with Gasteiger partial charge in [0.05, 0.1) is 14.2 Å². The average molecular weight is 415 g/mol. The summed E-state index contributed by atoms with van der Waals surface area (Å²) < 4.78 is 11.0. The van der Waals surface area contributed by atoms with E-state index in [9.17, 15) is 4.79 Å². The van der Waals surface area contributed by atoms with E-state index in [1.54, 1.807) is 14.2 Å². The topological polar surface area (TPSA) is 67.5 Å². The Morgan fingerprint density at radius 3 is 2.23 bits per heavy atom. The molecule has 0 saturated carbocycles. The number of methoxy groups -OCH3 is 2. The molecule has 6 nitrogen and oxygen atoms in total. The first-order chi connectivity index (χ1) is 15.1. The second kappa shape index (κ2) is 7.61. The van der Waals surface area contributed by atoms with Crippen LogP contribution in [-0.2, 0) is 11.8 Å². The number of fused-ring (bicyclic) bond motifs is 1. The number of allylic oxidation sites excluding steroid dienone is 1. The Bertz CT molecular complexity index is 1110. The second-order valence-electron chi connectivity index (χ2n) is 8.06. The van der Waals surface area contributed by atoms with E-state index in [2.05, 4.69) is 40.5 Å². The molecule has 0 unspecified atom stereocenters. The van der Waals surface area contributed by atoms with Crippen LogP contribution in [0, 0.1) is 0 Å². The summed E-state index contributed by atoms with van der Waals surface area (Å²) in [6.45, 7) is 1.61. The van der Waals surface area contributed by atoms with Gasteiger partial charge in [0.1, 0.15) is 11.5 Å². The number of rotatable bonds is 5. The van der Waals surface area contributed by atoms with Gasteiger partial charge in [-0.05, 0) is 41.8 Å². The lowest BCUT2D eigenvalue weighted by atomic mass is 9.68. The van der Waals surface area contributed by atoms with Gasteiger partial charge in [-0.1, -0.05) is 36.4 Å². The first-order valence-electron chi connectivity index (χ1n) is 10.5.